The van der Waals surface area contributed by atoms with Crippen molar-refractivity contribution in [2.75, 3.05) is 14.2 Å². The first kappa shape index (κ1) is 18.2. The molecule has 134 valence electrons. The summed E-state index contributed by atoms with van der Waals surface area (Å²) in [5.41, 5.74) is 0.911. The van der Waals surface area contributed by atoms with E-state index in [1.807, 2.05) is 6.92 Å². The molecule has 2 aromatic rings. The molecule has 0 aliphatic carbocycles. The highest BCUT2D eigenvalue weighted by Gasteiger charge is 2.19. The molecule has 9 heteroatoms. The zero-order valence-corrected chi connectivity index (χ0v) is 14.5. The number of amides is 1. The summed E-state index contributed by atoms with van der Waals surface area (Å²) >= 11 is 0. The van der Waals surface area contributed by atoms with E-state index in [4.69, 9.17) is 9.47 Å². The number of nitrogens with zero attached hydrogens (tertiary/aromatic N) is 3. The van der Waals surface area contributed by atoms with Crippen molar-refractivity contribution in [2.45, 2.75) is 26.4 Å². The molecule has 0 saturated carbocycles. The maximum atomic E-state index is 12.2. The number of carbonyl (C=O) groups is 1. The van der Waals surface area contributed by atoms with Crippen molar-refractivity contribution in [3.8, 4) is 11.5 Å². The number of hydrogen-bond donors (Lipinski definition) is 1. The van der Waals surface area contributed by atoms with Crippen molar-refractivity contribution in [2.24, 2.45) is 0 Å². The van der Waals surface area contributed by atoms with E-state index in [0.717, 1.165) is 5.56 Å². The number of aryl methyl sites for hydroxylation is 1. The van der Waals surface area contributed by atoms with Crippen LogP contribution in [0.2, 0.25) is 0 Å². The van der Waals surface area contributed by atoms with Crippen LogP contribution in [-0.2, 0) is 11.3 Å². The minimum atomic E-state index is -0.527. The molecule has 1 N–H and O–H groups in total. The minimum absolute atomic E-state index is 0.115. The first-order valence-electron chi connectivity index (χ1n) is 7.55. The molecule has 1 atom stereocenters. The van der Waals surface area contributed by atoms with Crippen LogP contribution in [0.5, 0.6) is 11.5 Å². The average molecular weight is 348 g/mol. The van der Waals surface area contributed by atoms with Gasteiger partial charge in [-0.25, -0.2) is 0 Å². The van der Waals surface area contributed by atoms with Crippen LogP contribution in [0.25, 0.3) is 0 Å². The molecule has 1 heterocycles. The van der Waals surface area contributed by atoms with Crippen LogP contribution in [-0.4, -0.2) is 34.8 Å². The van der Waals surface area contributed by atoms with Gasteiger partial charge in [0.1, 0.15) is 29.9 Å². The Morgan fingerprint density at radius 2 is 2.12 bits per heavy atom. The maximum Gasteiger partial charge on any atom is 0.309 e. The van der Waals surface area contributed by atoms with Gasteiger partial charge in [-0.2, -0.15) is 5.10 Å². The third-order valence-corrected chi connectivity index (χ3v) is 3.70. The van der Waals surface area contributed by atoms with E-state index in [2.05, 4.69) is 10.4 Å². The van der Waals surface area contributed by atoms with Crippen molar-refractivity contribution < 1.29 is 19.2 Å². The van der Waals surface area contributed by atoms with Crippen LogP contribution in [0.15, 0.2) is 24.4 Å². The molecule has 0 radical (unpaired) electrons. The first-order chi connectivity index (χ1) is 11.8. The maximum absolute atomic E-state index is 12.2. The summed E-state index contributed by atoms with van der Waals surface area (Å²) in [7, 11) is 3.10. The number of nitro groups is 1. The number of carbonyl (C=O) groups excluding carboxylic acids is 1. The highest BCUT2D eigenvalue weighted by Crippen LogP contribution is 2.29. The van der Waals surface area contributed by atoms with E-state index in [9.17, 15) is 14.9 Å². The van der Waals surface area contributed by atoms with Crippen LogP contribution >= 0.6 is 0 Å². The smallest absolute Gasteiger partial charge is 0.309 e. The molecule has 0 bridgehead atoms. The Morgan fingerprint density at radius 3 is 2.68 bits per heavy atom. The van der Waals surface area contributed by atoms with Gasteiger partial charge in [-0.05, 0) is 32.0 Å². The summed E-state index contributed by atoms with van der Waals surface area (Å²) in [5.74, 6) is 0.948. The number of rotatable bonds is 7. The number of ether oxygens (including phenoxy) is 2. The second-order valence-corrected chi connectivity index (χ2v) is 5.45. The Labute approximate surface area is 144 Å². The zero-order valence-electron chi connectivity index (χ0n) is 14.5. The van der Waals surface area contributed by atoms with E-state index < -0.39 is 4.92 Å². The Balaban J connectivity index is 2.10. The van der Waals surface area contributed by atoms with Gasteiger partial charge in [0, 0.05) is 5.56 Å². The molecule has 1 amide bonds. The van der Waals surface area contributed by atoms with Crippen molar-refractivity contribution in [3.63, 3.8) is 0 Å². The van der Waals surface area contributed by atoms with Crippen LogP contribution in [0.3, 0.4) is 0 Å². The molecule has 0 fully saturated rings. The fraction of sp³-hybridized carbons (Fsp3) is 0.375. The van der Waals surface area contributed by atoms with Crippen LogP contribution in [0, 0.1) is 17.0 Å². The molecule has 0 saturated heterocycles. The lowest BCUT2D eigenvalue weighted by atomic mass is 10.1. The van der Waals surface area contributed by atoms with Gasteiger partial charge < -0.3 is 14.8 Å². The largest absolute Gasteiger partial charge is 0.497 e. The number of hydrogen-bond acceptors (Lipinski definition) is 6. The molecule has 1 unspecified atom stereocenters. The van der Waals surface area contributed by atoms with Gasteiger partial charge in [0.25, 0.3) is 0 Å². The second kappa shape index (κ2) is 7.65. The summed E-state index contributed by atoms with van der Waals surface area (Å²) in [6.45, 7) is 3.22. The van der Waals surface area contributed by atoms with Crippen molar-refractivity contribution in [3.05, 3.63) is 45.8 Å². The molecule has 1 aromatic heterocycles. The van der Waals surface area contributed by atoms with Gasteiger partial charge >= 0.3 is 5.69 Å². The molecule has 0 aliphatic heterocycles. The summed E-state index contributed by atoms with van der Waals surface area (Å²) in [5, 5.41) is 17.6. The quantitative estimate of drug-likeness (QED) is 0.605. The Bertz CT molecular complexity index is 787. The molecule has 9 nitrogen and oxygen atoms in total. The molecular formula is C16H20N4O5. The van der Waals surface area contributed by atoms with Crippen molar-refractivity contribution in [1.82, 2.24) is 15.1 Å². The SMILES string of the molecule is COc1ccc(OC)c(C(C)NC(=O)Cn2cc([N+](=O)[O-])c(C)n2)c1. The molecule has 1 aromatic carbocycles. The first-order valence-corrected chi connectivity index (χ1v) is 7.55. The lowest BCUT2D eigenvalue weighted by Crippen LogP contribution is -2.30. The standard InChI is InChI=1S/C16H20N4O5/c1-10(13-7-12(24-3)5-6-15(13)25-4)17-16(21)9-19-8-14(20(22)23)11(2)18-19/h5-8,10H,9H2,1-4H3,(H,17,21). The fourth-order valence-corrected chi connectivity index (χ4v) is 2.46. The van der Waals surface area contributed by atoms with Crippen LogP contribution in [0.1, 0.15) is 24.2 Å². The highest BCUT2D eigenvalue weighted by molar-refractivity contribution is 5.76. The Hall–Kier alpha value is -3.10. The highest BCUT2D eigenvalue weighted by atomic mass is 16.6. The number of aromatic nitrogens is 2. The third-order valence-electron chi connectivity index (χ3n) is 3.70. The third kappa shape index (κ3) is 4.25. The van der Waals surface area contributed by atoms with Gasteiger partial charge in [-0.3, -0.25) is 19.6 Å². The summed E-state index contributed by atoms with van der Waals surface area (Å²) in [6, 6.07) is 4.97. The lowest BCUT2D eigenvalue weighted by molar-refractivity contribution is -0.385. The topological polar surface area (TPSA) is 109 Å². The van der Waals surface area contributed by atoms with Gasteiger partial charge in [-0.15, -0.1) is 0 Å². The zero-order chi connectivity index (χ0) is 18.6. The number of benzene rings is 1. The Morgan fingerprint density at radius 1 is 1.40 bits per heavy atom. The van der Waals surface area contributed by atoms with E-state index in [-0.39, 0.29) is 29.9 Å². The predicted octanol–water partition coefficient (Wildman–Crippen LogP) is 1.99. The summed E-state index contributed by atoms with van der Waals surface area (Å²) < 4.78 is 11.8. The summed E-state index contributed by atoms with van der Waals surface area (Å²) in [6.07, 6.45) is 1.24. The molecule has 25 heavy (non-hydrogen) atoms. The monoisotopic (exact) mass is 348 g/mol. The normalized spacial score (nSPS) is 11.7. The van der Waals surface area contributed by atoms with Gasteiger partial charge in [0.2, 0.25) is 5.91 Å². The van der Waals surface area contributed by atoms with E-state index in [1.54, 1.807) is 32.4 Å². The molecular weight excluding hydrogens is 328 g/mol. The minimum Gasteiger partial charge on any atom is -0.497 e. The Kier molecular flexibility index (Phi) is 5.58. The lowest BCUT2D eigenvalue weighted by Gasteiger charge is -2.18. The van der Waals surface area contributed by atoms with E-state index >= 15 is 0 Å². The molecule has 2 rings (SSSR count). The van der Waals surface area contributed by atoms with Gasteiger partial charge in [-0.1, -0.05) is 0 Å². The van der Waals surface area contributed by atoms with Gasteiger partial charge in [0.15, 0.2) is 0 Å². The van der Waals surface area contributed by atoms with E-state index in [1.165, 1.54) is 17.8 Å². The number of nitrogens with one attached hydrogen (secondary N) is 1. The fourth-order valence-electron chi connectivity index (χ4n) is 2.46. The van der Waals surface area contributed by atoms with Crippen LogP contribution in [0.4, 0.5) is 5.69 Å². The van der Waals surface area contributed by atoms with Crippen molar-refractivity contribution in [1.29, 1.82) is 0 Å². The summed E-state index contributed by atoms with van der Waals surface area (Å²) in [4.78, 5) is 22.5. The second-order valence-electron chi connectivity index (χ2n) is 5.45. The van der Waals surface area contributed by atoms with Crippen molar-refractivity contribution >= 4 is 11.6 Å². The van der Waals surface area contributed by atoms with Gasteiger partial charge in [0.05, 0.1) is 25.2 Å². The van der Waals surface area contributed by atoms with Crippen LogP contribution < -0.4 is 14.8 Å². The molecule has 0 aliphatic rings. The molecule has 0 spiro atoms. The predicted molar refractivity (Wildman–Crippen MR) is 89.7 cm³/mol. The average Bonchev–Trinajstić information content (AvgIpc) is 2.94. The number of methoxy groups -OCH3 is 2. The van der Waals surface area contributed by atoms with E-state index in [0.29, 0.717) is 11.5 Å².